The van der Waals surface area contributed by atoms with Crippen LogP contribution in [-0.4, -0.2) is 106 Å². The average Bonchev–Trinajstić information content (AvgIpc) is 3.58. The molecule has 3 bridgehead atoms. The number of fused-ring (bicyclic) bond motifs is 7. The van der Waals surface area contributed by atoms with Gasteiger partial charge in [-0.05, 0) is 50.9 Å². The highest BCUT2D eigenvalue weighted by Crippen LogP contribution is 2.44. The molecule has 1 unspecified atom stereocenters. The predicted molar refractivity (Wildman–Crippen MR) is 258 cm³/mol. The molecule has 68 heavy (non-hydrogen) atoms. The van der Waals surface area contributed by atoms with E-state index in [2.05, 4.69) is 15.5 Å². The van der Waals surface area contributed by atoms with E-state index in [1.165, 1.54) is 52.4 Å². The van der Waals surface area contributed by atoms with Crippen LogP contribution in [0.1, 0.15) is 78.4 Å². The molecule has 4 aromatic rings. The minimum absolute atomic E-state index is 0.0383. The van der Waals surface area contributed by atoms with Gasteiger partial charge in [-0.1, -0.05) is 52.8 Å². The van der Waals surface area contributed by atoms with Gasteiger partial charge in [-0.2, -0.15) is 0 Å². The van der Waals surface area contributed by atoms with Crippen LogP contribution < -0.4 is 31.6 Å². The first-order valence-corrected chi connectivity index (χ1v) is 23.2. The number of piperidine rings is 1. The minimum atomic E-state index is -1.67. The second-order valence-electron chi connectivity index (χ2n) is 18.9. The Morgan fingerprint density at radius 3 is 2.26 bits per heavy atom. The van der Waals surface area contributed by atoms with Crippen molar-refractivity contribution in [2.24, 2.45) is 29.6 Å². The highest BCUT2D eigenvalue weighted by Gasteiger charge is 2.42. The van der Waals surface area contributed by atoms with Gasteiger partial charge in [0.15, 0.2) is 16.7 Å². The predicted octanol–water partition coefficient (Wildman–Crippen LogP) is 4.69. The smallest absolute Gasteiger partial charge is 0.302 e. The van der Waals surface area contributed by atoms with Crippen molar-refractivity contribution >= 4 is 62.0 Å². The molecule has 0 radical (unpaired) electrons. The molecule has 17 nitrogen and oxygen atoms in total. The number of methoxy groups -OCH3 is 1. The van der Waals surface area contributed by atoms with Gasteiger partial charge in [0.05, 0.1) is 35.9 Å². The van der Waals surface area contributed by atoms with Crippen LogP contribution in [0.15, 0.2) is 62.3 Å². The molecule has 7 N–H and O–H groups in total. The molecule has 1 aromatic heterocycles. The number of nitrogens with zero attached hydrogens (tertiary/aromatic N) is 2. The number of amides is 1. The maximum Gasteiger partial charge on any atom is 0.302 e. The molecule has 1 fully saturated rings. The Bertz CT molecular complexity index is 2880. The van der Waals surface area contributed by atoms with Gasteiger partial charge < -0.3 is 59.7 Å². The van der Waals surface area contributed by atoms with Crippen molar-refractivity contribution in [2.45, 2.75) is 111 Å². The first kappa shape index (κ1) is 50.0. The van der Waals surface area contributed by atoms with E-state index in [9.17, 15) is 44.7 Å². The van der Waals surface area contributed by atoms with Crippen molar-refractivity contribution in [3.05, 3.63) is 85.1 Å². The number of allylic oxidation sites excluding steroid dienone is 2. The molecular formula is C51H64N4O13. The number of aliphatic hydroxyl groups is 4. The van der Waals surface area contributed by atoms with Crippen molar-refractivity contribution in [2.75, 3.05) is 37.5 Å². The SMILES string of the molecule is CNC1CCN(c2cc(=O)c3nc4c(oc3c2)c2c(=O)c3c(O)c(C)c5c(c34)=C(O)[C@H](C)C5[C@H](O)O/C=C/[C@H](OC)[C@@H](C)[C@@H](OC(C)=O)[C@H](C)[C@H](O)[C@H](C)[C@@H](O)[C@@H](C)/C=C/C=C(/C)C(=O)N2)CC1. The molecule has 0 saturated carbocycles. The van der Waals surface area contributed by atoms with Gasteiger partial charge in [0, 0.05) is 96.8 Å². The van der Waals surface area contributed by atoms with Gasteiger partial charge in [0.1, 0.15) is 28.8 Å². The van der Waals surface area contributed by atoms with Crippen molar-refractivity contribution in [3.8, 4) is 5.75 Å². The van der Waals surface area contributed by atoms with E-state index in [4.69, 9.17) is 23.6 Å². The highest BCUT2D eigenvalue weighted by molar-refractivity contribution is 6.16. The molecule has 366 valence electrons. The Morgan fingerprint density at radius 1 is 0.926 bits per heavy atom. The molecule has 7 rings (SSSR count). The molecule has 11 atom stereocenters. The Kier molecular flexibility index (Phi) is 14.7. The molecule has 1 aliphatic carbocycles. The summed E-state index contributed by atoms with van der Waals surface area (Å²) in [4.78, 5) is 62.3. The number of carbonyl (C=O) groups is 2. The molecule has 0 spiro atoms. The third kappa shape index (κ3) is 9.09. The first-order valence-electron chi connectivity index (χ1n) is 23.2. The van der Waals surface area contributed by atoms with Crippen LogP contribution in [0.25, 0.3) is 38.7 Å². The maximum absolute atomic E-state index is 14.9. The van der Waals surface area contributed by atoms with Crippen LogP contribution in [0.2, 0.25) is 0 Å². The van der Waals surface area contributed by atoms with E-state index < -0.39 is 94.7 Å². The highest BCUT2D eigenvalue weighted by atomic mass is 16.6. The number of anilines is 2. The Hall–Kier alpha value is -5.85. The van der Waals surface area contributed by atoms with Crippen molar-refractivity contribution < 1.29 is 53.7 Å². The normalized spacial score (nSPS) is 30.8. The summed E-state index contributed by atoms with van der Waals surface area (Å²) in [5.74, 6) is -6.55. The topological polar surface area (TPSA) is 250 Å². The van der Waals surface area contributed by atoms with E-state index in [0.717, 1.165) is 12.8 Å². The van der Waals surface area contributed by atoms with Crippen molar-refractivity contribution in [1.29, 1.82) is 0 Å². The second kappa shape index (κ2) is 20.0. The fourth-order valence-corrected chi connectivity index (χ4v) is 10.4. The Morgan fingerprint density at radius 2 is 1.62 bits per heavy atom. The lowest BCUT2D eigenvalue weighted by Gasteiger charge is -2.38. The third-order valence-electron chi connectivity index (χ3n) is 14.6. The van der Waals surface area contributed by atoms with Gasteiger partial charge in [0.2, 0.25) is 17.1 Å². The van der Waals surface area contributed by atoms with Crippen LogP contribution in [0, 0.1) is 36.5 Å². The van der Waals surface area contributed by atoms with Gasteiger partial charge in [-0.25, -0.2) is 4.98 Å². The number of aliphatic hydroxyl groups excluding tert-OH is 4. The number of carbonyl (C=O) groups excluding carboxylic acids is 2. The standard InChI is InChI=1S/C51H64N4O13/c1-22-12-11-13-23(2)50(63)54-42-47(62)39-37(41-49(42)68-34-21-31(20-32(57)40(34)53-41)55-17-14-30(52-9)15-18-55)38-35(25(4)46(39)61)36(26(5)45(38)60)51(64)66-19-16-33(65-10)24(3)48(67-29(8)56)28(7)44(59)27(6)43(22)58/h11-13,16,19-22,24,26-28,30,33,36,43-44,48,51-52,58-61,64H,14-15,17-18H2,1-10H3,(H,54,63)/b12-11+,19-16+,23-13-/t22-,24+,26+,27+,28+,33-,36?,43-,44+,48+,51+/m0/s1. The largest absolute Gasteiger partial charge is 0.511 e. The second-order valence-corrected chi connectivity index (χ2v) is 18.9. The zero-order chi connectivity index (χ0) is 49.6. The van der Waals surface area contributed by atoms with Gasteiger partial charge in [0.25, 0.3) is 5.91 Å². The summed E-state index contributed by atoms with van der Waals surface area (Å²) in [7, 11) is 3.35. The molecule has 3 heterocycles. The number of esters is 1. The first-order chi connectivity index (χ1) is 32.2. The van der Waals surface area contributed by atoms with E-state index >= 15 is 0 Å². The summed E-state index contributed by atoms with van der Waals surface area (Å²) in [5.41, 5.74) is -0.976. The zero-order valence-electron chi connectivity index (χ0n) is 40.2. The molecule has 3 aliphatic rings. The quantitative estimate of drug-likeness (QED) is 0.0833. The Balaban J connectivity index is 1.46. The lowest BCUT2D eigenvalue weighted by atomic mass is 9.78. The summed E-state index contributed by atoms with van der Waals surface area (Å²) in [5, 5.41) is 64.7. The number of phenols is 1. The molecule has 2 aliphatic heterocycles. The summed E-state index contributed by atoms with van der Waals surface area (Å²) in [6.45, 7) is 14.2. The summed E-state index contributed by atoms with van der Waals surface area (Å²) in [6.07, 6.45) is 3.53. The van der Waals surface area contributed by atoms with Crippen LogP contribution in [-0.2, 0) is 23.8 Å². The van der Waals surface area contributed by atoms with Gasteiger partial charge >= 0.3 is 5.97 Å². The van der Waals surface area contributed by atoms with Crippen LogP contribution in [0.4, 0.5) is 11.4 Å². The van der Waals surface area contributed by atoms with E-state index in [-0.39, 0.29) is 66.3 Å². The number of rotatable bonds is 4. The number of hydrogen-bond acceptors (Lipinski definition) is 16. The summed E-state index contributed by atoms with van der Waals surface area (Å²) < 4.78 is 24.0. The average molecular weight is 941 g/mol. The van der Waals surface area contributed by atoms with Crippen LogP contribution >= 0.6 is 0 Å². The van der Waals surface area contributed by atoms with E-state index in [1.54, 1.807) is 52.8 Å². The van der Waals surface area contributed by atoms with Crippen LogP contribution in [0.5, 0.6) is 5.75 Å². The summed E-state index contributed by atoms with van der Waals surface area (Å²) in [6, 6.07) is 3.47. The third-order valence-corrected chi connectivity index (χ3v) is 14.6. The number of aromatic nitrogens is 1. The van der Waals surface area contributed by atoms with Gasteiger partial charge in [-0.15, -0.1) is 0 Å². The van der Waals surface area contributed by atoms with Gasteiger partial charge in [-0.3, -0.25) is 19.2 Å². The van der Waals surface area contributed by atoms with E-state index in [1.807, 2.05) is 7.05 Å². The van der Waals surface area contributed by atoms with Crippen LogP contribution in [0.3, 0.4) is 0 Å². The van der Waals surface area contributed by atoms with Crippen molar-refractivity contribution in [3.63, 3.8) is 0 Å². The molecule has 1 amide bonds. The summed E-state index contributed by atoms with van der Waals surface area (Å²) >= 11 is 0. The minimum Gasteiger partial charge on any atom is -0.511 e. The fraction of sp³-hybridized carbons (Fsp3) is 0.510. The maximum atomic E-state index is 14.9. The Labute approximate surface area is 393 Å². The molecule has 3 aromatic carbocycles. The number of phenolic OH excluding ortho intramolecular Hbond substituents is 1. The fourth-order valence-electron chi connectivity index (χ4n) is 10.4. The lowest BCUT2D eigenvalue weighted by Crippen LogP contribution is -2.46. The molecule has 17 heteroatoms. The number of hydrogen-bond donors (Lipinski definition) is 7. The molecule has 1 saturated heterocycles. The number of ether oxygens (including phenoxy) is 3. The van der Waals surface area contributed by atoms with E-state index in [0.29, 0.717) is 24.8 Å². The number of aromatic hydroxyl groups is 1. The lowest BCUT2D eigenvalue weighted by molar-refractivity contribution is -0.160. The number of nitrogens with one attached hydrogen (secondary N) is 2. The number of benzene rings is 3. The zero-order valence-corrected chi connectivity index (χ0v) is 40.2. The molecular weight excluding hydrogens is 877 g/mol. The van der Waals surface area contributed by atoms with Crippen molar-refractivity contribution in [1.82, 2.24) is 10.3 Å². The monoisotopic (exact) mass is 940 g/mol.